The Labute approximate surface area is 214 Å². The first-order valence-electron chi connectivity index (χ1n) is 10.7. The summed E-state index contributed by atoms with van der Waals surface area (Å²) in [6, 6.07) is 6.96. The van der Waals surface area contributed by atoms with Gasteiger partial charge in [0.2, 0.25) is 16.9 Å². The second-order valence-corrected chi connectivity index (χ2v) is 9.43. The Morgan fingerprint density at radius 3 is 2.54 bits per heavy atom. The smallest absolute Gasteiger partial charge is 0.248 e. The van der Waals surface area contributed by atoms with Crippen molar-refractivity contribution in [1.82, 2.24) is 15.5 Å². The molecule has 1 heterocycles. The lowest BCUT2D eigenvalue weighted by molar-refractivity contribution is -0.126. The molecule has 0 fully saturated rings. The average Bonchev–Trinajstić information content (AvgIpc) is 3.21. The minimum atomic E-state index is -0.839. The maximum Gasteiger partial charge on any atom is 0.248 e. The molecule has 0 saturated carbocycles. The topological polar surface area (TPSA) is 93.2 Å². The summed E-state index contributed by atoms with van der Waals surface area (Å²) in [5.41, 5.74) is 0.173. The van der Waals surface area contributed by atoms with Crippen LogP contribution in [0.3, 0.4) is 0 Å². The molecular formula is C23H22Cl2F2N4O3S. The van der Waals surface area contributed by atoms with E-state index >= 15 is 0 Å². The first-order valence-corrected chi connectivity index (χ1v) is 12.3. The Hall–Kier alpha value is -2.82. The number of ether oxygens (including phenoxy) is 1. The van der Waals surface area contributed by atoms with E-state index in [1.807, 2.05) is 6.92 Å². The molecule has 35 heavy (non-hydrogen) atoms. The number of amides is 2. The highest BCUT2D eigenvalue weighted by Crippen LogP contribution is 2.27. The number of carbonyl (C=O) groups excluding carboxylic acids is 2. The first kappa shape index (κ1) is 26.8. The summed E-state index contributed by atoms with van der Waals surface area (Å²) in [4.78, 5) is 25.1. The number of nitrogens with zero attached hydrogens (tertiary/aromatic N) is 2. The standard InChI is InChI=1S/C23H22Cl2F2N4O3S/c1-2-3-18(28-20(32)10-13-8-15(26)12-16(27)9-13)22(33)29-23-31-30-21(35-23)6-7-34-19-5-4-14(24)11-17(19)25/h4-5,8-9,11-12,18H,2-3,6-7,10H2,1H3,(H,28,32)(H,29,31,33). The van der Waals surface area contributed by atoms with Gasteiger partial charge in [-0.05, 0) is 42.3 Å². The van der Waals surface area contributed by atoms with Gasteiger partial charge in [-0.15, -0.1) is 10.2 Å². The van der Waals surface area contributed by atoms with E-state index in [1.54, 1.807) is 18.2 Å². The molecule has 0 spiro atoms. The van der Waals surface area contributed by atoms with Crippen molar-refractivity contribution >= 4 is 51.5 Å². The fourth-order valence-corrected chi connectivity index (χ4v) is 4.33. The Morgan fingerprint density at radius 1 is 1.11 bits per heavy atom. The van der Waals surface area contributed by atoms with Crippen LogP contribution in [0.2, 0.25) is 10.0 Å². The largest absolute Gasteiger partial charge is 0.492 e. The van der Waals surface area contributed by atoms with Crippen molar-refractivity contribution in [1.29, 1.82) is 0 Å². The molecule has 0 saturated heterocycles. The van der Waals surface area contributed by atoms with Crippen LogP contribution in [0, 0.1) is 11.6 Å². The van der Waals surface area contributed by atoms with Gasteiger partial charge < -0.3 is 10.1 Å². The zero-order chi connectivity index (χ0) is 25.4. The number of halogens is 4. The van der Waals surface area contributed by atoms with Crippen LogP contribution in [0.25, 0.3) is 0 Å². The predicted molar refractivity (Wildman–Crippen MR) is 131 cm³/mol. The second kappa shape index (κ2) is 12.8. The second-order valence-electron chi connectivity index (χ2n) is 7.53. The van der Waals surface area contributed by atoms with Crippen LogP contribution in [-0.2, 0) is 22.4 Å². The Morgan fingerprint density at radius 2 is 1.86 bits per heavy atom. The third-order valence-electron chi connectivity index (χ3n) is 4.68. The summed E-state index contributed by atoms with van der Waals surface area (Å²) >= 11 is 13.1. The van der Waals surface area contributed by atoms with E-state index in [4.69, 9.17) is 27.9 Å². The summed E-state index contributed by atoms with van der Waals surface area (Å²) in [7, 11) is 0. The maximum absolute atomic E-state index is 13.4. The van der Waals surface area contributed by atoms with Crippen molar-refractivity contribution in [3.63, 3.8) is 0 Å². The van der Waals surface area contributed by atoms with Crippen LogP contribution in [0.15, 0.2) is 36.4 Å². The Balaban J connectivity index is 1.52. The summed E-state index contributed by atoms with van der Waals surface area (Å²) in [5.74, 6) is -2.04. The van der Waals surface area contributed by atoms with Crippen molar-refractivity contribution in [2.45, 2.75) is 38.6 Å². The van der Waals surface area contributed by atoms with E-state index in [-0.39, 0.29) is 17.1 Å². The molecule has 1 atom stereocenters. The number of hydrogen-bond acceptors (Lipinski definition) is 6. The zero-order valence-corrected chi connectivity index (χ0v) is 20.9. The lowest BCUT2D eigenvalue weighted by Gasteiger charge is -2.17. The van der Waals surface area contributed by atoms with Gasteiger partial charge >= 0.3 is 0 Å². The van der Waals surface area contributed by atoms with Gasteiger partial charge in [0.1, 0.15) is 28.4 Å². The van der Waals surface area contributed by atoms with Gasteiger partial charge in [-0.1, -0.05) is 47.9 Å². The number of benzene rings is 2. The van der Waals surface area contributed by atoms with Crippen molar-refractivity contribution in [2.75, 3.05) is 11.9 Å². The van der Waals surface area contributed by atoms with Gasteiger partial charge in [0.25, 0.3) is 0 Å². The number of carbonyl (C=O) groups is 2. The van der Waals surface area contributed by atoms with Crippen LogP contribution in [-0.4, -0.2) is 34.7 Å². The number of anilines is 1. The third kappa shape index (κ3) is 8.41. The normalized spacial score (nSPS) is 11.7. The van der Waals surface area contributed by atoms with Crippen LogP contribution in [0.4, 0.5) is 13.9 Å². The summed E-state index contributed by atoms with van der Waals surface area (Å²) in [6.45, 7) is 2.16. The van der Waals surface area contributed by atoms with Gasteiger partial charge in [-0.3, -0.25) is 14.9 Å². The Kier molecular flexibility index (Phi) is 9.76. The van der Waals surface area contributed by atoms with Crippen molar-refractivity contribution < 1.29 is 23.1 Å². The molecule has 0 bridgehead atoms. The number of nitrogens with one attached hydrogen (secondary N) is 2. The highest BCUT2D eigenvalue weighted by Gasteiger charge is 2.22. The fraction of sp³-hybridized carbons (Fsp3) is 0.304. The van der Waals surface area contributed by atoms with Crippen LogP contribution in [0.5, 0.6) is 5.75 Å². The molecule has 3 aromatic rings. The molecule has 2 amide bonds. The monoisotopic (exact) mass is 542 g/mol. The highest BCUT2D eigenvalue weighted by atomic mass is 35.5. The van der Waals surface area contributed by atoms with E-state index in [2.05, 4.69) is 20.8 Å². The molecule has 2 aromatic carbocycles. The minimum Gasteiger partial charge on any atom is -0.492 e. The highest BCUT2D eigenvalue weighted by molar-refractivity contribution is 7.15. The maximum atomic E-state index is 13.4. The van der Waals surface area contributed by atoms with Crippen LogP contribution < -0.4 is 15.4 Å². The molecule has 0 aliphatic heterocycles. The minimum absolute atomic E-state index is 0.173. The van der Waals surface area contributed by atoms with Gasteiger partial charge in [0.15, 0.2) is 0 Å². The predicted octanol–water partition coefficient (Wildman–Crippen LogP) is 5.21. The number of aromatic nitrogens is 2. The van der Waals surface area contributed by atoms with E-state index in [9.17, 15) is 18.4 Å². The molecule has 0 aliphatic carbocycles. The first-order chi connectivity index (χ1) is 16.7. The summed E-state index contributed by atoms with van der Waals surface area (Å²) in [6.07, 6.45) is 1.17. The Bertz CT molecular complexity index is 1180. The van der Waals surface area contributed by atoms with E-state index < -0.39 is 29.5 Å². The average molecular weight is 543 g/mol. The van der Waals surface area contributed by atoms with Gasteiger partial charge in [-0.25, -0.2) is 8.78 Å². The van der Waals surface area contributed by atoms with Crippen molar-refractivity contribution in [2.24, 2.45) is 0 Å². The van der Waals surface area contributed by atoms with Gasteiger partial charge in [-0.2, -0.15) is 0 Å². The van der Waals surface area contributed by atoms with Crippen LogP contribution >= 0.6 is 34.5 Å². The molecule has 0 radical (unpaired) electrons. The van der Waals surface area contributed by atoms with Crippen molar-refractivity contribution in [3.05, 3.63) is 68.6 Å². The molecule has 186 valence electrons. The van der Waals surface area contributed by atoms with Gasteiger partial charge in [0, 0.05) is 17.5 Å². The van der Waals surface area contributed by atoms with E-state index in [0.29, 0.717) is 46.7 Å². The number of hydrogen-bond donors (Lipinski definition) is 2. The molecule has 2 N–H and O–H groups in total. The fourth-order valence-electron chi connectivity index (χ4n) is 3.14. The zero-order valence-electron chi connectivity index (χ0n) is 18.6. The molecular weight excluding hydrogens is 521 g/mol. The van der Waals surface area contributed by atoms with Crippen LogP contribution in [0.1, 0.15) is 30.3 Å². The summed E-state index contributed by atoms with van der Waals surface area (Å²) < 4.78 is 32.4. The molecule has 3 rings (SSSR count). The van der Waals surface area contributed by atoms with E-state index in [0.717, 1.165) is 18.2 Å². The van der Waals surface area contributed by atoms with Crippen molar-refractivity contribution in [3.8, 4) is 5.75 Å². The molecule has 12 heteroatoms. The molecule has 1 unspecified atom stereocenters. The quantitative estimate of drug-likeness (QED) is 0.347. The van der Waals surface area contributed by atoms with E-state index in [1.165, 1.54) is 11.3 Å². The van der Waals surface area contributed by atoms with Gasteiger partial charge in [0.05, 0.1) is 18.1 Å². The lowest BCUT2D eigenvalue weighted by atomic mass is 10.1. The third-order valence-corrected chi connectivity index (χ3v) is 6.11. The lowest BCUT2D eigenvalue weighted by Crippen LogP contribution is -2.44. The molecule has 0 aliphatic rings. The SMILES string of the molecule is CCCC(NC(=O)Cc1cc(F)cc(F)c1)C(=O)Nc1nnc(CCOc2ccc(Cl)cc2Cl)s1. The summed E-state index contributed by atoms with van der Waals surface area (Å²) in [5, 5.41) is 15.1. The molecule has 1 aromatic heterocycles. The number of rotatable bonds is 11. The molecule has 7 nitrogen and oxygen atoms in total.